The number of hydrogen-bond donors (Lipinski definition) is 2. The van der Waals surface area contributed by atoms with E-state index in [9.17, 15) is 0 Å². The van der Waals surface area contributed by atoms with Gasteiger partial charge in [0, 0.05) is 5.75 Å². The molecule has 6 heteroatoms. The van der Waals surface area contributed by atoms with Crippen molar-refractivity contribution < 1.29 is 5.11 Å². The summed E-state index contributed by atoms with van der Waals surface area (Å²) < 4.78 is 0. The standard InChI is InChI=1S/C8H9N3OS2/c9-6-5-1-3-13-7(5)11-8(10-6)14-4-2-12/h1,3,12H,2,4H2,(H2,9,10,11). The maximum absolute atomic E-state index is 8.67. The van der Waals surface area contributed by atoms with Gasteiger partial charge in [0.2, 0.25) is 0 Å². The van der Waals surface area contributed by atoms with E-state index in [1.54, 1.807) is 11.3 Å². The smallest absolute Gasteiger partial charge is 0.190 e. The van der Waals surface area contributed by atoms with Gasteiger partial charge in [-0.15, -0.1) is 11.3 Å². The van der Waals surface area contributed by atoms with Crippen molar-refractivity contribution in [3.8, 4) is 0 Å². The zero-order valence-electron chi connectivity index (χ0n) is 7.30. The van der Waals surface area contributed by atoms with Gasteiger partial charge in [-0.2, -0.15) is 0 Å². The Morgan fingerprint density at radius 3 is 3.14 bits per heavy atom. The van der Waals surface area contributed by atoms with E-state index < -0.39 is 0 Å². The molecule has 2 heterocycles. The SMILES string of the molecule is Nc1nc(SCCO)nc2sccc12. The summed E-state index contributed by atoms with van der Waals surface area (Å²) in [4.78, 5) is 9.35. The number of anilines is 1. The van der Waals surface area contributed by atoms with Crippen LogP contribution in [-0.4, -0.2) is 27.4 Å². The van der Waals surface area contributed by atoms with Crippen molar-refractivity contribution in [1.82, 2.24) is 9.97 Å². The lowest BCUT2D eigenvalue weighted by Crippen LogP contribution is -1.96. The summed E-state index contributed by atoms with van der Waals surface area (Å²) in [6, 6.07) is 1.91. The van der Waals surface area contributed by atoms with E-state index in [4.69, 9.17) is 10.8 Å². The summed E-state index contributed by atoms with van der Waals surface area (Å²) in [6.07, 6.45) is 0. The van der Waals surface area contributed by atoms with Crippen molar-refractivity contribution in [2.75, 3.05) is 18.1 Å². The Balaban J connectivity index is 2.38. The number of aliphatic hydroxyl groups is 1. The second-order valence-corrected chi connectivity index (χ2v) is 4.56. The molecule has 0 aliphatic heterocycles. The normalized spacial score (nSPS) is 10.9. The lowest BCUT2D eigenvalue weighted by molar-refractivity contribution is 0.322. The number of rotatable bonds is 3. The first-order valence-corrected chi connectivity index (χ1v) is 5.92. The van der Waals surface area contributed by atoms with E-state index in [1.807, 2.05) is 11.4 Å². The molecule has 74 valence electrons. The topological polar surface area (TPSA) is 72.0 Å². The van der Waals surface area contributed by atoms with Crippen LogP contribution in [0.3, 0.4) is 0 Å². The van der Waals surface area contributed by atoms with Gasteiger partial charge in [0.15, 0.2) is 5.16 Å². The number of nitrogen functional groups attached to an aromatic ring is 1. The predicted molar refractivity (Wildman–Crippen MR) is 59.6 cm³/mol. The monoisotopic (exact) mass is 227 g/mol. The molecular formula is C8H9N3OS2. The molecule has 0 aromatic carbocycles. The summed E-state index contributed by atoms with van der Waals surface area (Å²) >= 11 is 2.95. The maximum Gasteiger partial charge on any atom is 0.190 e. The highest BCUT2D eigenvalue weighted by atomic mass is 32.2. The number of nitrogens with two attached hydrogens (primary N) is 1. The van der Waals surface area contributed by atoms with Gasteiger partial charge in [-0.05, 0) is 11.4 Å². The predicted octanol–water partition coefficient (Wildman–Crippen LogP) is 1.36. The highest BCUT2D eigenvalue weighted by Crippen LogP contribution is 2.25. The second kappa shape index (κ2) is 4.12. The molecule has 0 saturated carbocycles. The van der Waals surface area contributed by atoms with Crippen LogP contribution < -0.4 is 5.73 Å². The van der Waals surface area contributed by atoms with Crippen LogP contribution in [0.4, 0.5) is 5.82 Å². The molecule has 0 amide bonds. The fraction of sp³-hybridized carbons (Fsp3) is 0.250. The Labute approximate surface area is 89.2 Å². The number of thioether (sulfide) groups is 1. The van der Waals surface area contributed by atoms with Crippen LogP contribution in [0.25, 0.3) is 10.2 Å². The molecule has 0 aliphatic rings. The van der Waals surface area contributed by atoms with E-state index in [1.165, 1.54) is 11.8 Å². The first kappa shape index (κ1) is 9.70. The van der Waals surface area contributed by atoms with E-state index >= 15 is 0 Å². The van der Waals surface area contributed by atoms with Gasteiger partial charge in [-0.1, -0.05) is 11.8 Å². The molecule has 2 rings (SSSR count). The third kappa shape index (κ3) is 1.82. The van der Waals surface area contributed by atoms with E-state index in [0.29, 0.717) is 16.7 Å². The third-order valence-electron chi connectivity index (χ3n) is 1.66. The van der Waals surface area contributed by atoms with Crippen LogP contribution in [0.2, 0.25) is 0 Å². The van der Waals surface area contributed by atoms with Crippen LogP contribution in [-0.2, 0) is 0 Å². The molecule has 3 N–H and O–H groups in total. The quantitative estimate of drug-likeness (QED) is 0.612. The Hall–Kier alpha value is -0.850. The molecular weight excluding hydrogens is 218 g/mol. The van der Waals surface area contributed by atoms with Crippen molar-refractivity contribution in [1.29, 1.82) is 0 Å². The third-order valence-corrected chi connectivity index (χ3v) is 3.29. The second-order valence-electron chi connectivity index (χ2n) is 2.60. The first-order chi connectivity index (χ1) is 6.81. The molecule has 14 heavy (non-hydrogen) atoms. The lowest BCUT2D eigenvalue weighted by atomic mass is 10.4. The van der Waals surface area contributed by atoms with Crippen molar-refractivity contribution >= 4 is 39.1 Å². The Kier molecular flexibility index (Phi) is 2.85. The largest absolute Gasteiger partial charge is 0.396 e. The molecule has 0 aliphatic carbocycles. The van der Waals surface area contributed by atoms with Crippen LogP contribution >= 0.6 is 23.1 Å². The molecule has 0 fully saturated rings. The summed E-state index contributed by atoms with van der Waals surface area (Å²) in [5, 5.41) is 12.1. The van der Waals surface area contributed by atoms with Crippen molar-refractivity contribution in [2.45, 2.75) is 5.16 Å². The maximum atomic E-state index is 8.67. The lowest BCUT2D eigenvalue weighted by Gasteiger charge is -2.00. The highest BCUT2D eigenvalue weighted by molar-refractivity contribution is 7.99. The average molecular weight is 227 g/mol. The van der Waals surface area contributed by atoms with Gasteiger partial charge in [-0.25, -0.2) is 9.97 Å². The molecule has 0 saturated heterocycles. The molecule has 2 aromatic rings. The van der Waals surface area contributed by atoms with Gasteiger partial charge in [0.05, 0.1) is 12.0 Å². The zero-order valence-corrected chi connectivity index (χ0v) is 8.94. The van der Waals surface area contributed by atoms with Gasteiger partial charge >= 0.3 is 0 Å². The number of fused-ring (bicyclic) bond motifs is 1. The summed E-state index contributed by atoms with van der Waals surface area (Å²) in [7, 11) is 0. The van der Waals surface area contributed by atoms with Crippen molar-refractivity contribution in [3.63, 3.8) is 0 Å². The Morgan fingerprint density at radius 1 is 1.50 bits per heavy atom. The fourth-order valence-corrected chi connectivity index (χ4v) is 2.48. The molecule has 0 unspecified atom stereocenters. The summed E-state index contributed by atoms with van der Waals surface area (Å²) in [5.41, 5.74) is 5.75. The van der Waals surface area contributed by atoms with Gasteiger partial charge < -0.3 is 10.8 Å². The molecule has 0 atom stereocenters. The minimum Gasteiger partial charge on any atom is -0.396 e. The minimum absolute atomic E-state index is 0.121. The highest BCUT2D eigenvalue weighted by Gasteiger charge is 2.05. The van der Waals surface area contributed by atoms with Crippen LogP contribution in [0, 0.1) is 0 Å². The minimum atomic E-state index is 0.121. The molecule has 0 radical (unpaired) electrons. The van der Waals surface area contributed by atoms with E-state index in [0.717, 1.165) is 10.2 Å². The number of aromatic nitrogens is 2. The Bertz CT molecular complexity index is 443. The molecule has 0 spiro atoms. The van der Waals surface area contributed by atoms with E-state index in [-0.39, 0.29) is 6.61 Å². The van der Waals surface area contributed by atoms with Gasteiger partial charge in [0.1, 0.15) is 10.6 Å². The zero-order chi connectivity index (χ0) is 9.97. The van der Waals surface area contributed by atoms with Crippen molar-refractivity contribution in [2.24, 2.45) is 0 Å². The van der Waals surface area contributed by atoms with Crippen LogP contribution in [0.5, 0.6) is 0 Å². The van der Waals surface area contributed by atoms with Crippen LogP contribution in [0.15, 0.2) is 16.6 Å². The van der Waals surface area contributed by atoms with Gasteiger partial charge in [0.25, 0.3) is 0 Å². The van der Waals surface area contributed by atoms with Gasteiger partial charge in [-0.3, -0.25) is 0 Å². The van der Waals surface area contributed by atoms with Crippen molar-refractivity contribution in [3.05, 3.63) is 11.4 Å². The number of thiophene rings is 1. The fourth-order valence-electron chi connectivity index (χ4n) is 1.06. The Morgan fingerprint density at radius 2 is 2.36 bits per heavy atom. The summed E-state index contributed by atoms with van der Waals surface area (Å²) in [6.45, 7) is 0.121. The average Bonchev–Trinajstić information content (AvgIpc) is 2.63. The first-order valence-electron chi connectivity index (χ1n) is 4.05. The number of hydrogen-bond acceptors (Lipinski definition) is 6. The molecule has 2 aromatic heterocycles. The van der Waals surface area contributed by atoms with E-state index in [2.05, 4.69) is 9.97 Å². The number of aliphatic hydroxyl groups excluding tert-OH is 1. The molecule has 0 bridgehead atoms. The van der Waals surface area contributed by atoms with Crippen LogP contribution in [0.1, 0.15) is 0 Å². The summed E-state index contributed by atoms with van der Waals surface area (Å²) in [5.74, 6) is 1.10. The number of nitrogens with zero attached hydrogens (tertiary/aromatic N) is 2. The molecule has 4 nitrogen and oxygen atoms in total.